The predicted molar refractivity (Wildman–Crippen MR) is 56.6 cm³/mol. The van der Waals surface area contributed by atoms with Gasteiger partial charge in [0.15, 0.2) is 0 Å². The van der Waals surface area contributed by atoms with Crippen LogP contribution in [0.15, 0.2) is 12.2 Å². The SMILES string of the molecule is CC/C=C/C1COC(=O)N1NC(=O)OCC. The Hall–Kier alpha value is -1.72. The minimum atomic E-state index is -0.656. The molecule has 1 atom stereocenters. The van der Waals surface area contributed by atoms with Gasteiger partial charge in [0, 0.05) is 0 Å². The van der Waals surface area contributed by atoms with Crippen LogP contribution < -0.4 is 5.43 Å². The Kier molecular flexibility index (Phi) is 4.63. The third-order valence-corrected chi connectivity index (χ3v) is 1.99. The van der Waals surface area contributed by atoms with E-state index >= 15 is 0 Å². The highest BCUT2D eigenvalue weighted by molar-refractivity contribution is 5.75. The summed E-state index contributed by atoms with van der Waals surface area (Å²) in [4.78, 5) is 22.4. The van der Waals surface area contributed by atoms with E-state index in [-0.39, 0.29) is 19.3 Å². The number of carbonyl (C=O) groups excluding carboxylic acids is 2. The molecule has 0 spiro atoms. The first kappa shape index (κ1) is 12.4. The number of rotatable bonds is 4. The van der Waals surface area contributed by atoms with E-state index in [1.165, 1.54) is 0 Å². The molecule has 1 N–H and O–H groups in total. The number of nitrogens with zero attached hydrogens (tertiary/aromatic N) is 1. The van der Waals surface area contributed by atoms with Crippen molar-refractivity contribution < 1.29 is 19.1 Å². The van der Waals surface area contributed by atoms with E-state index in [1.54, 1.807) is 6.92 Å². The fourth-order valence-electron chi connectivity index (χ4n) is 1.26. The molecule has 1 heterocycles. The van der Waals surface area contributed by atoms with Crippen LogP contribution in [0.2, 0.25) is 0 Å². The fraction of sp³-hybridized carbons (Fsp3) is 0.600. The van der Waals surface area contributed by atoms with Gasteiger partial charge in [-0.05, 0) is 13.3 Å². The summed E-state index contributed by atoms with van der Waals surface area (Å²) in [7, 11) is 0. The maximum absolute atomic E-state index is 11.3. The van der Waals surface area contributed by atoms with Crippen LogP contribution in [0.1, 0.15) is 20.3 Å². The summed E-state index contributed by atoms with van der Waals surface area (Å²) in [5.74, 6) is 0. The van der Waals surface area contributed by atoms with Gasteiger partial charge in [-0.3, -0.25) is 0 Å². The summed E-state index contributed by atoms with van der Waals surface area (Å²) >= 11 is 0. The van der Waals surface area contributed by atoms with Gasteiger partial charge in [-0.2, -0.15) is 0 Å². The zero-order valence-electron chi connectivity index (χ0n) is 9.43. The van der Waals surface area contributed by atoms with Gasteiger partial charge in [0.1, 0.15) is 12.6 Å². The van der Waals surface area contributed by atoms with Crippen LogP contribution in [0.4, 0.5) is 9.59 Å². The van der Waals surface area contributed by atoms with Crippen molar-refractivity contribution in [1.82, 2.24) is 10.4 Å². The van der Waals surface area contributed by atoms with Gasteiger partial charge in [0.05, 0.1) is 6.61 Å². The van der Waals surface area contributed by atoms with Gasteiger partial charge in [-0.25, -0.2) is 20.0 Å². The second kappa shape index (κ2) is 5.99. The summed E-state index contributed by atoms with van der Waals surface area (Å²) in [6, 6.07) is -0.267. The molecular weight excluding hydrogens is 212 g/mol. The molecule has 1 unspecified atom stereocenters. The summed E-state index contributed by atoms with van der Waals surface area (Å²) in [6.45, 7) is 4.17. The van der Waals surface area contributed by atoms with Crippen LogP contribution in [-0.4, -0.2) is 36.5 Å². The van der Waals surface area contributed by atoms with E-state index in [4.69, 9.17) is 4.74 Å². The molecule has 2 amide bonds. The molecule has 0 radical (unpaired) electrons. The summed E-state index contributed by atoms with van der Waals surface area (Å²) in [5, 5.41) is 1.13. The lowest BCUT2D eigenvalue weighted by molar-refractivity contribution is 0.110. The topological polar surface area (TPSA) is 67.9 Å². The number of ether oxygens (including phenoxy) is 2. The molecule has 1 fully saturated rings. The molecule has 16 heavy (non-hydrogen) atoms. The molecule has 0 saturated carbocycles. The van der Waals surface area contributed by atoms with Crippen molar-refractivity contribution in [3.8, 4) is 0 Å². The van der Waals surface area contributed by atoms with Crippen LogP contribution in [-0.2, 0) is 9.47 Å². The number of cyclic esters (lactones) is 1. The molecule has 0 aliphatic carbocycles. The Morgan fingerprint density at radius 1 is 1.69 bits per heavy atom. The number of carbonyl (C=O) groups is 2. The third-order valence-electron chi connectivity index (χ3n) is 1.99. The highest BCUT2D eigenvalue weighted by Gasteiger charge is 2.32. The fourth-order valence-corrected chi connectivity index (χ4v) is 1.26. The maximum Gasteiger partial charge on any atom is 0.429 e. The first-order valence-electron chi connectivity index (χ1n) is 5.25. The normalized spacial score (nSPS) is 20.0. The Labute approximate surface area is 94.2 Å². The lowest BCUT2D eigenvalue weighted by Gasteiger charge is -2.18. The maximum atomic E-state index is 11.3. The monoisotopic (exact) mass is 228 g/mol. The van der Waals surface area contributed by atoms with E-state index < -0.39 is 12.2 Å². The molecule has 0 aromatic rings. The second-order valence-corrected chi connectivity index (χ2v) is 3.18. The van der Waals surface area contributed by atoms with Crippen molar-refractivity contribution in [2.75, 3.05) is 13.2 Å². The van der Waals surface area contributed by atoms with Crippen molar-refractivity contribution >= 4 is 12.2 Å². The summed E-state index contributed by atoms with van der Waals surface area (Å²) < 4.78 is 9.50. The standard InChI is InChI=1S/C10H16N2O4/c1-3-5-6-8-7-16-10(14)12(8)11-9(13)15-4-2/h5-6,8H,3-4,7H2,1-2H3,(H,11,13)/b6-5+. The number of amides is 2. The van der Waals surface area contributed by atoms with Gasteiger partial charge in [-0.15, -0.1) is 0 Å². The van der Waals surface area contributed by atoms with Gasteiger partial charge in [-0.1, -0.05) is 19.1 Å². The summed E-state index contributed by atoms with van der Waals surface area (Å²) in [5.41, 5.74) is 2.33. The van der Waals surface area contributed by atoms with Crippen molar-refractivity contribution in [2.24, 2.45) is 0 Å². The average molecular weight is 228 g/mol. The third kappa shape index (κ3) is 3.15. The molecule has 1 saturated heterocycles. The van der Waals surface area contributed by atoms with E-state index in [9.17, 15) is 9.59 Å². The van der Waals surface area contributed by atoms with Crippen molar-refractivity contribution in [1.29, 1.82) is 0 Å². The smallest absolute Gasteiger partial charge is 0.429 e. The lowest BCUT2D eigenvalue weighted by atomic mass is 10.2. The number of hydrogen-bond acceptors (Lipinski definition) is 4. The first-order chi connectivity index (χ1) is 7.69. The van der Waals surface area contributed by atoms with Crippen LogP contribution >= 0.6 is 0 Å². The summed E-state index contributed by atoms with van der Waals surface area (Å²) in [6.07, 6.45) is 3.36. The number of hydrogen-bond donors (Lipinski definition) is 1. The van der Waals surface area contributed by atoms with E-state index in [1.807, 2.05) is 19.1 Å². The molecule has 0 aromatic carbocycles. The lowest BCUT2D eigenvalue weighted by Crippen LogP contribution is -2.47. The van der Waals surface area contributed by atoms with Crippen molar-refractivity contribution in [2.45, 2.75) is 26.3 Å². The van der Waals surface area contributed by atoms with E-state index in [0.717, 1.165) is 11.4 Å². The predicted octanol–water partition coefficient (Wildman–Crippen LogP) is 1.43. The largest absolute Gasteiger partial charge is 0.449 e. The Morgan fingerprint density at radius 3 is 3.06 bits per heavy atom. The van der Waals surface area contributed by atoms with Gasteiger partial charge in [0.25, 0.3) is 0 Å². The van der Waals surface area contributed by atoms with Crippen LogP contribution in [0.25, 0.3) is 0 Å². The Morgan fingerprint density at radius 2 is 2.44 bits per heavy atom. The average Bonchev–Trinajstić information content (AvgIpc) is 2.58. The molecule has 6 heteroatoms. The van der Waals surface area contributed by atoms with Crippen molar-refractivity contribution in [3.63, 3.8) is 0 Å². The van der Waals surface area contributed by atoms with Crippen LogP contribution in [0.3, 0.4) is 0 Å². The van der Waals surface area contributed by atoms with Gasteiger partial charge >= 0.3 is 12.2 Å². The molecular formula is C10H16N2O4. The Bertz CT molecular complexity index is 291. The minimum Gasteiger partial charge on any atom is -0.449 e. The molecule has 6 nitrogen and oxygen atoms in total. The highest BCUT2D eigenvalue weighted by atomic mass is 16.6. The molecule has 0 aromatic heterocycles. The first-order valence-corrected chi connectivity index (χ1v) is 5.25. The Balaban J connectivity index is 2.56. The number of nitrogens with one attached hydrogen (secondary N) is 1. The number of allylic oxidation sites excluding steroid dienone is 1. The zero-order valence-corrected chi connectivity index (χ0v) is 9.43. The highest BCUT2D eigenvalue weighted by Crippen LogP contribution is 2.11. The zero-order chi connectivity index (χ0) is 12.0. The van der Waals surface area contributed by atoms with E-state index in [0.29, 0.717) is 0 Å². The van der Waals surface area contributed by atoms with Crippen molar-refractivity contribution in [3.05, 3.63) is 12.2 Å². The quantitative estimate of drug-likeness (QED) is 0.739. The van der Waals surface area contributed by atoms with E-state index in [2.05, 4.69) is 10.2 Å². The minimum absolute atomic E-state index is 0.238. The second-order valence-electron chi connectivity index (χ2n) is 3.18. The van der Waals surface area contributed by atoms with Gasteiger partial charge < -0.3 is 9.47 Å². The molecule has 90 valence electrons. The molecule has 1 rings (SSSR count). The molecule has 1 aliphatic heterocycles. The number of hydrazine groups is 1. The van der Waals surface area contributed by atoms with Gasteiger partial charge in [0.2, 0.25) is 0 Å². The molecule has 0 bridgehead atoms. The van der Waals surface area contributed by atoms with Crippen LogP contribution in [0, 0.1) is 0 Å². The molecule has 1 aliphatic rings. The van der Waals surface area contributed by atoms with Crippen LogP contribution in [0.5, 0.6) is 0 Å².